The minimum Gasteiger partial charge on any atom is -0.494 e. The Morgan fingerprint density at radius 2 is 2.13 bits per heavy atom. The topological polar surface area (TPSA) is 132 Å². The molecule has 4 N–H and O–H groups in total. The Morgan fingerprint density at radius 1 is 1.47 bits per heavy atom. The Hall–Kier alpha value is -0.936. The van der Waals surface area contributed by atoms with Crippen LogP contribution < -0.4 is 10.6 Å². The van der Waals surface area contributed by atoms with E-state index in [1.54, 1.807) is 0 Å². The number of rotatable bonds is 8. The molecule has 1 radical (unpaired) electrons. The smallest absolute Gasteiger partial charge is 0.355 e. The second-order valence-electron chi connectivity index (χ2n) is 8.26. The van der Waals surface area contributed by atoms with Crippen molar-refractivity contribution in [2.45, 2.75) is 45.8 Å². The molecule has 0 spiro atoms. The van der Waals surface area contributed by atoms with Crippen LogP contribution in [0.2, 0.25) is 0 Å². The summed E-state index contributed by atoms with van der Waals surface area (Å²) in [5.41, 5.74) is 0.0165. The number of nitrogens with one attached hydrogen (secondary N) is 2. The van der Waals surface area contributed by atoms with Gasteiger partial charge in [0.2, 0.25) is 11.8 Å². The summed E-state index contributed by atoms with van der Waals surface area (Å²) >= 11 is 1.05. The van der Waals surface area contributed by atoms with Crippen molar-refractivity contribution >= 4 is 29.1 Å². The molecule has 1 aliphatic rings. The van der Waals surface area contributed by atoms with Gasteiger partial charge in [-0.25, -0.2) is 9.78 Å². The fraction of sp³-hybridized carbons (Fsp3) is 0.632. The average Bonchev–Trinajstić information content (AvgIpc) is 3.13. The number of thiazole rings is 1. The van der Waals surface area contributed by atoms with Gasteiger partial charge in [-0.05, 0) is 30.7 Å². The number of carboxylic acids is 1. The predicted molar refractivity (Wildman–Crippen MR) is 108 cm³/mol. The van der Waals surface area contributed by atoms with E-state index in [4.69, 9.17) is 5.11 Å². The van der Waals surface area contributed by atoms with Gasteiger partial charge in [-0.15, -0.1) is 11.3 Å². The molecule has 1 aliphatic heterocycles. The maximum atomic E-state index is 12.4. The van der Waals surface area contributed by atoms with Gasteiger partial charge in [0.15, 0.2) is 5.69 Å². The zero-order chi connectivity index (χ0) is 21.8. The first-order chi connectivity index (χ1) is 13.5. The molecule has 0 aromatic carbocycles. The van der Waals surface area contributed by atoms with Crippen LogP contribution in [-0.2, 0) is 42.3 Å². The fourth-order valence-electron chi connectivity index (χ4n) is 3.45. The van der Waals surface area contributed by atoms with Crippen LogP contribution in [0.5, 0.6) is 0 Å². The van der Waals surface area contributed by atoms with Gasteiger partial charge < -0.3 is 25.7 Å². The van der Waals surface area contributed by atoms with Crippen molar-refractivity contribution in [1.82, 2.24) is 20.5 Å². The van der Waals surface area contributed by atoms with Crippen molar-refractivity contribution in [3.8, 4) is 0 Å². The number of hydrogen-bond acceptors (Lipinski definition) is 7. The summed E-state index contributed by atoms with van der Waals surface area (Å²) in [6.07, 6.45) is 0.0907. The zero-order valence-corrected chi connectivity index (χ0v) is 21.2. The summed E-state index contributed by atoms with van der Waals surface area (Å²) in [5.74, 6) is -1.58. The van der Waals surface area contributed by atoms with Gasteiger partial charge in [-0.3, -0.25) is 16.6 Å². The van der Waals surface area contributed by atoms with Crippen LogP contribution in [0.3, 0.4) is 0 Å². The normalized spacial score (nSPS) is 21.2. The molecule has 9 nitrogen and oxygen atoms in total. The monoisotopic (exact) mass is 514 g/mol. The predicted octanol–water partition coefficient (Wildman–Crippen LogP) is 1.02. The van der Waals surface area contributed by atoms with E-state index in [1.807, 2.05) is 6.92 Å². The van der Waals surface area contributed by atoms with E-state index >= 15 is 0 Å². The van der Waals surface area contributed by atoms with E-state index in [9.17, 15) is 19.5 Å². The molecule has 0 saturated carbocycles. The van der Waals surface area contributed by atoms with E-state index in [2.05, 4.69) is 36.5 Å². The Balaban J connectivity index is 0.00000450. The average molecular weight is 514 g/mol. The second-order valence-corrected chi connectivity index (χ2v) is 9.15. The first-order valence-corrected chi connectivity index (χ1v) is 10.4. The van der Waals surface area contributed by atoms with E-state index in [0.717, 1.165) is 24.3 Å². The van der Waals surface area contributed by atoms with Crippen molar-refractivity contribution in [1.29, 1.82) is 0 Å². The third-order valence-electron chi connectivity index (χ3n) is 4.99. The van der Waals surface area contributed by atoms with E-state index < -0.39 is 12.1 Å². The van der Waals surface area contributed by atoms with Gasteiger partial charge in [0, 0.05) is 44.6 Å². The van der Waals surface area contributed by atoms with Crippen molar-refractivity contribution in [3.05, 3.63) is 23.1 Å². The van der Waals surface area contributed by atoms with Gasteiger partial charge >= 0.3 is 5.97 Å². The third-order valence-corrected chi connectivity index (χ3v) is 5.94. The van der Waals surface area contributed by atoms with E-state index in [-0.39, 0.29) is 92.1 Å². The minimum atomic E-state index is -1.16. The Kier molecular flexibility index (Phi) is 10.5. The van der Waals surface area contributed by atoms with Crippen molar-refractivity contribution in [3.63, 3.8) is 0 Å². The number of aromatic nitrogens is 1. The Bertz CT molecular complexity index is 757. The van der Waals surface area contributed by atoms with Gasteiger partial charge in [0.25, 0.3) is 0 Å². The van der Waals surface area contributed by atoms with Crippen molar-refractivity contribution in [2.75, 3.05) is 19.6 Å². The van der Waals surface area contributed by atoms with Gasteiger partial charge in [0.05, 0.1) is 12.6 Å². The number of hydrogen-bond donors (Lipinski definition) is 4. The molecule has 2 rings (SSSR count). The summed E-state index contributed by atoms with van der Waals surface area (Å²) in [6, 6.07) is -0.329. The molecule has 1 aromatic rings. The molecular weight excluding hydrogens is 485 g/mol. The van der Waals surface area contributed by atoms with Crippen LogP contribution in [0.15, 0.2) is 5.38 Å². The molecule has 3 unspecified atom stereocenters. The Labute approximate surface area is 205 Å². The van der Waals surface area contributed by atoms with Crippen LogP contribution >= 0.6 is 11.3 Å². The number of carbonyl (C=O) groups is 3. The molecule has 2 heterocycles. The van der Waals surface area contributed by atoms with Crippen LogP contribution in [0.1, 0.15) is 55.2 Å². The van der Waals surface area contributed by atoms with E-state index in [0.29, 0.717) is 0 Å². The zero-order valence-electron chi connectivity index (χ0n) is 17.6. The number of aromatic carboxylic acids is 1. The number of piperidine rings is 1. The molecule has 0 bridgehead atoms. The van der Waals surface area contributed by atoms with Gasteiger partial charge in [0.1, 0.15) is 11.1 Å². The van der Waals surface area contributed by atoms with E-state index in [1.165, 1.54) is 10.3 Å². The number of aliphatic hydroxyl groups excluding tert-OH is 1. The third kappa shape index (κ3) is 7.64. The summed E-state index contributed by atoms with van der Waals surface area (Å²) in [5, 5.41) is 26.5. The summed E-state index contributed by atoms with van der Waals surface area (Å²) in [4.78, 5) is 40.5. The minimum absolute atomic E-state index is 0. The van der Waals surface area contributed by atoms with Gasteiger partial charge in [-0.1, -0.05) is 20.8 Å². The summed E-state index contributed by atoms with van der Waals surface area (Å²) in [7, 11) is 3.66. The van der Waals surface area contributed by atoms with Crippen molar-refractivity contribution in [2.24, 2.45) is 11.3 Å². The number of amides is 2. The molecular formula is C19H29N4O5SY-. The molecule has 1 aromatic heterocycles. The number of nitrogens with zero attached hydrogens (tertiary/aromatic N) is 2. The van der Waals surface area contributed by atoms with Crippen molar-refractivity contribution < 1.29 is 57.3 Å². The fourth-order valence-corrected chi connectivity index (χ4v) is 4.26. The molecule has 30 heavy (non-hydrogen) atoms. The van der Waals surface area contributed by atoms with Crippen LogP contribution in [0.25, 0.3) is 0 Å². The maximum absolute atomic E-state index is 12.4. The Morgan fingerprint density at radius 3 is 2.70 bits per heavy atom. The first kappa shape index (κ1) is 27.1. The molecule has 2 amide bonds. The molecule has 1 saturated heterocycles. The van der Waals surface area contributed by atoms with Crippen LogP contribution in [-0.4, -0.2) is 63.6 Å². The van der Waals surface area contributed by atoms with Crippen LogP contribution in [0, 0.1) is 18.4 Å². The standard InChI is InChI=1S/C19H29N4O5S.Y/c1-11-7-19(2,3)10-21-15(11)16(26)20-8-14(25)23(4)6-5-13(24)17-22-12(9-29-17)18(27)28;/h9,11,13,15,21,24H,4-8,10H2,1-3H3,(H,20,26)(H,27,28);/q-1;. The molecule has 3 atom stereocenters. The quantitative estimate of drug-likeness (QED) is 0.381. The first-order valence-electron chi connectivity index (χ1n) is 9.49. The molecule has 11 heteroatoms. The second kappa shape index (κ2) is 11.6. The summed E-state index contributed by atoms with van der Waals surface area (Å²) in [6.45, 7) is 7.03. The molecule has 1 fully saturated rings. The maximum Gasteiger partial charge on any atom is 0.355 e. The number of carbonyl (C=O) groups excluding carboxylic acids is 2. The largest absolute Gasteiger partial charge is 0.494 e. The van der Waals surface area contributed by atoms with Gasteiger partial charge in [-0.2, -0.15) is 0 Å². The SMILES string of the molecule is [CH2-]N(CCC(O)c1nc(C(=O)O)cs1)C(=O)CNC(=O)C1NCC(C)(C)CC1C.[Y]. The van der Waals surface area contributed by atoms with Crippen LogP contribution in [0.4, 0.5) is 0 Å². The number of carboxylic acid groups (broad SMARTS) is 1. The summed E-state index contributed by atoms with van der Waals surface area (Å²) < 4.78 is 0. The molecule has 0 aliphatic carbocycles. The number of aliphatic hydroxyl groups is 1. The molecule has 165 valence electrons.